The number of nitrogens with zero attached hydrogens (tertiary/aromatic N) is 7. The van der Waals surface area contributed by atoms with Gasteiger partial charge in [-0.05, 0) is 101 Å². The zero-order chi connectivity index (χ0) is 50.1. The van der Waals surface area contributed by atoms with Crippen molar-refractivity contribution >= 4 is 51.2 Å². The van der Waals surface area contributed by atoms with Crippen molar-refractivity contribution in [3.63, 3.8) is 0 Å². The van der Waals surface area contributed by atoms with E-state index in [4.69, 9.17) is 4.74 Å². The number of likely N-dealkylation sites (tertiary alicyclic amines) is 1. The van der Waals surface area contributed by atoms with Crippen LogP contribution in [0.1, 0.15) is 45.7 Å². The van der Waals surface area contributed by atoms with Gasteiger partial charge in [0.15, 0.2) is 0 Å². The SMILES string of the molecule is CC(C)(C)OC(=O)N1CC[C@H](n2c(=O)c(-c3c(F)cccc3F)cc3cnc(Nc4ccc(F)cn4)cc32)C1.O=c1c(-c2c(F)cccc2F)cc2cnc(Nc3ccc(F)cn3)cc2n1[C@H]1CCNC1. The van der Waals surface area contributed by atoms with E-state index in [0.29, 0.717) is 71.0 Å². The number of amides is 1. The summed E-state index contributed by atoms with van der Waals surface area (Å²) in [6.45, 7) is 7.08. The van der Waals surface area contributed by atoms with E-state index < -0.39 is 69.3 Å². The second-order valence-corrected chi connectivity index (χ2v) is 17.9. The van der Waals surface area contributed by atoms with Gasteiger partial charge in [-0.15, -0.1) is 0 Å². The quantitative estimate of drug-likeness (QED) is 0.124. The number of rotatable bonds is 8. The summed E-state index contributed by atoms with van der Waals surface area (Å²) in [6, 6.07) is 17.8. The van der Waals surface area contributed by atoms with Gasteiger partial charge in [0, 0.05) is 54.9 Å². The van der Waals surface area contributed by atoms with Crippen molar-refractivity contribution in [3.8, 4) is 22.3 Å². The summed E-state index contributed by atoms with van der Waals surface area (Å²) < 4.78 is 93.5. The number of fused-ring (bicyclic) bond motifs is 2. The van der Waals surface area contributed by atoms with Gasteiger partial charge in [0.25, 0.3) is 11.1 Å². The summed E-state index contributed by atoms with van der Waals surface area (Å²) in [4.78, 5) is 58.2. The number of nitrogens with one attached hydrogen (secondary N) is 3. The zero-order valence-corrected chi connectivity index (χ0v) is 38.3. The second kappa shape index (κ2) is 19.7. The maximum Gasteiger partial charge on any atom is 0.410 e. The molecule has 0 spiro atoms. The first-order valence-corrected chi connectivity index (χ1v) is 22.5. The summed E-state index contributed by atoms with van der Waals surface area (Å²) in [5.74, 6) is -2.85. The average Bonchev–Trinajstić information content (AvgIpc) is 4.05. The fourth-order valence-corrected chi connectivity index (χ4v) is 8.66. The number of hydrogen-bond acceptors (Lipinski definition) is 11. The normalized spacial score (nSPS) is 15.7. The lowest BCUT2D eigenvalue weighted by Crippen LogP contribution is -2.36. The van der Waals surface area contributed by atoms with Gasteiger partial charge in [-0.25, -0.2) is 51.1 Å². The van der Waals surface area contributed by atoms with Crippen LogP contribution in [0, 0.1) is 34.9 Å². The Morgan fingerprint density at radius 1 is 0.620 bits per heavy atom. The highest BCUT2D eigenvalue weighted by Crippen LogP contribution is 2.33. The van der Waals surface area contributed by atoms with E-state index in [0.717, 1.165) is 43.2 Å². The van der Waals surface area contributed by atoms with Crippen LogP contribution in [0.3, 0.4) is 0 Å². The number of benzene rings is 2. The summed E-state index contributed by atoms with van der Waals surface area (Å²) in [6.07, 6.45) is 5.74. The monoisotopic (exact) mass is 974 g/mol. The number of hydrogen-bond donors (Lipinski definition) is 3. The number of halogens is 6. The molecule has 8 heterocycles. The molecular weight excluding hydrogens is 931 g/mol. The third kappa shape index (κ3) is 10.3. The molecule has 6 aromatic heterocycles. The lowest BCUT2D eigenvalue weighted by atomic mass is 10.0. The number of carbonyl (C=O) groups excluding carboxylic acids is 1. The maximum absolute atomic E-state index is 14.8. The molecule has 1 amide bonds. The number of pyridine rings is 6. The average molecular weight is 975 g/mol. The Kier molecular flexibility index (Phi) is 13.3. The lowest BCUT2D eigenvalue weighted by molar-refractivity contribution is 0.0289. The highest BCUT2D eigenvalue weighted by molar-refractivity contribution is 5.87. The first kappa shape index (κ1) is 47.9. The van der Waals surface area contributed by atoms with E-state index in [1.54, 1.807) is 37.5 Å². The van der Waals surface area contributed by atoms with Crippen molar-refractivity contribution in [2.75, 3.05) is 36.8 Å². The molecule has 0 unspecified atom stereocenters. The molecule has 71 heavy (non-hydrogen) atoms. The summed E-state index contributed by atoms with van der Waals surface area (Å²) in [5.41, 5.74) is -1.76. The van der Waals surface area contributed by atoms with Crippen molar-refractivity contribution < 1.29 is 35.9 Å². The van der Waals surface area contributed by atoms with Crippen LogP contribution in [0.15, 0.2) is 119 Å². The van der Waals surface area contributed by atoms with E-state index in [1.807, 2.05) is 0 Å². The molecule has 0 aliphatic carbocycles. The van der Waals surface area contributed by atoms with Crippen molar-refractivity contribution in [2.24, 2.45) is 0 Å². The van der Waals surface area contributed by atoms with E-state index in [-0.39, 0.29) is 29.3 Å². The number of anilines is 4. The summed E-state index contributed by atoms with van der Waals surface area (Å²) in [7, 11) is 0. The van der Waals surface area contributed by atoms with Gasteiger partial charge >= 0.3 is 6.09 Å². The van der Waals surface area contributed by atoms with Crippen molar-refractivity contribution in [1.82, 2.24) is 39.3 Å². The molecule has 2 aromatic carbocycles. The molecule has 0 saturated carbocycles. The maximum atomic E-state index is 14.8. The molecule has 2 saturated heterocycles. The van der Waals surface area contributed by atoms with E-state index in [9.17, 15) is 40.7 Å². The number of ether oxygens (including phenoxy) is 1. The Labute approximate surface area is 401 Å². The highest BCUT2D eigenvalue weighted by atomic mass is 19.2. The minimum atomic E-state index is -0.867. The van der Waals surface area contributed by atoms with Crippen molar-refractivity contribution in [1.29, 1.82) is 0 Å². The van der Waals surface area contributed by atoms with Crippen LogP contribution < -0.4 is 27.1 Å². The molecule has 0 bridgehead atoms. The fraction of sp³-hybridized carbons (Fsp3) is 0.235. The lowest BCUT2D eigenvalue weighted by Gasteiger charge is -2.25. The molecule has 2 atom stereocenters. The van der Waals surface area contributed by atoms with Crippen molar-refractivity contribution in [3.05, 3.63) is 165 Å². The van der Waals surface area contributed by atoms with Gasteiger partial charge in [0.1, 0.15) is 63.8 Å². The van der Waals surface area contributed by atoms with Crippen LogP contribution in [-0.4, -0.2) is 71.8 Å². The Morgan fingerprint density at radius 2 is 1.08 bits per heavy atom. The molecular formula is C51H44F6N10O4. The van der Waals surface area contributed by atoms with E-state index in [1.165, 1.54) is 70.4 Å². The van der Waals surface area contributed by atoms with Gasteiger partial charge in [-0.1, -0.05) is 12.1 Å². The minimum Gasteiger partial charge on any atom is -0.444 e. The first-order chi connectivity index (χ1) is 34.0. The second-order valence-electron chi connectivity index (χ2n) is 17.9. The molecule has 2 aliphatic heterocycles. The van der Waals surface area contributed by atoms with Gasteiger partial charge < -0.3 is 34.7 Å². The van der Waals surface area contributed by atoms with E-state index >= 15 is 0 Å². The molecule has 20 heteroatoms. The smallest absolute Gasteiger partial charge is 0.410 e. The predicted molar refractivity (Wildman–Crippen MR) is 256 cm³/mol. The largest absolute Gasteiger partial charge is 0.444 e. The topological polar surface area (TPSA) is 161 Å². The number of aromatic nitrogens is 6. The van der Waals surface area contributed by atoms with Crippen LogP contribution in [0.4, 0.5) is 54.4 Å². The molecule has 14 nitrogen and oxygen atoms in total. The Morgan fingerprint density at radius 3 is 1.51 bits per heavy atom. The van der Waals surface area contributed by atoms with Crippen molar-refractivity contribution in [2.45, 2.75) is 51.3 Å². The van der Waals surface area contributed by atoms with Crippen LogP contribution in [0.5, 0.6) is 0 Å². The molecule has 364 valence electrons. The number of carbonyl (C=O) groups is 1. The van der Waals surface area contributed by atoms with Crippen LogP contribution in [0.25, 0.3) is 44.1 Å². The van der Waals surface area contributed by atoms with Gasteiger partial charge in [-0.2, -0.15) is 0 Å². The van der Waals surface area contributed by atoms with Gasteiger partial charge in [-0.3, -0.25) is 9.59 Å². The Bertz CT molecular complexity index is 3390. The Balaban J connectivity index is 0.000000179. The third-order valence-electron chi connectivity index (χ3n) is 11.9. The van der Waals surface area contributed by atoms with Gasteiger partial charge in [0.05, 0.1) is 57.8 Å². The van der Waals surface area contributed by atoms with Gasteiger partial charge in [0.2, 0.25) is 0 Å². The zero-order valence-electron chi connectivity index (χ0n) is 38.3. The van der Waals surface area contributed by atoms with Crippen LogP contribution >= 0.6 is 0 Å². The third-order valence-corrected chi connectivity index (χ3v) is 11.9. The van der Waals surface area contributed by atoms with E-state index in [2.05, 4.69) is 35.9 Å². The molecule has 2 fully saturated rings. The standard InChI is InChI=1S/C28H26F3N5O3.C23H18F3N5O/c1-28(2,3)39-27(38)35-10-9-18(15-35)36-22-12-24(34-23-8-7-17(29)14-33-23)32-13-16(22)11-19(26(36)37)25-20(30)5-4-6-21(25)31;24-14-4-5-20(29-11-14)30-21-9-19-13(10-28-21)8-16(22-17(25)2-1-3-18(22)26)23(32)31(19)15-6-7-27-12-15/h4-8,11-14,18H,9-10,15H2,1-3H3,(H,32,33,34);1-5,8-11,15,27H,6-7,12H2,(H,28,29,30)/t18-;15-/m00/s1. The van der Waals surface area contributed by atoms with Crippen LogP contribution in [0.2, 0.25) is 0 Å². The molecule has 0 radical (unpaired) electrons. The summed E-state index contributed by atoms with van der Waals surface area (Å²) in [5, 5.41) is 10.2. The predicted octanol–water partition coefficient (Wildman–Crippen LogP) is 9.96. The summed E-state index contributed by atoms with van der Waals surface area (Å²) >= 11 is 0. The fourth-order valence-electron chi connectivity index (χ4n) is 8.66. The molecule has 3 N–H and O–H groups in total. The highest BCUT2D eigenvalue weighted by Gasteiger charge is 2.33. The molecule has 2 aliphatic rings. The first-order valence-electron chi connectivity index (χ1n) is 22.5. The molecule has 10 rings (SSSR count). The molecule has 8 aromatic rings. The Hall–Kier alpha value is -8.13. The minimum absolute atomic E-state index is 0.0530. The van der Waals surface area contributed by atoms with Crippen LogP contribution in [-0.2, 0) is 4.74 Å².